The predicted octanol–water partition coefficient (Wildman–Crippen LogP) is 1.10. The molecule has 0 spiro atoms. The minimum absolute atomic E-state index is 0.240. The Labute approximate surface area is 114 Å². The van der Waals surface area contributed by atoms with Crippen molar-refractivity contribution in [2.75, 3.05) is 24.4 Å². The fourth-order valence-electron chi connectivity index (χ4n) is 1.09. The molecule has 0 radical (unpaired) electrons. The molecule has 21 heavy (non-hydrogen) atoms. The third kappa shape index (κ3) is 4.47. The van der Waals surface area contributed by atoms with E-state index in [2.05, 4.69) is 19.7 Å². The lowest BCUT2D eigenvalue weighted by Crippen LogP contribution is -2.47. The molecule has 1 aromatic rings. The molecule has 13 heteroatoms. The SMILES string of the molecule is CN(C)c1nc(NN)nc(OC(C(F)(F)F)C(F)(F)F)n1. The highest BCUT2D eigenvalue weighted by Gasteiger charge is 2.59. The fourth-order valence-corrected chi connectivity index (χ4v) is 1.09. The Balaban J connectivity index is 3.18. The number of nitrogens with one attached hydrogen (secondary N) is 1. The van der Waals surface area contributed by atoms with Crippen LogP contribution in [0.25, 0.3) is 0 Å². The zero-order valence-corrected chi connectivity index (χ0v) is 10.6. The summed E-state index contributed by atoms with van der Waals surface area (Å²) >= 11 is 0. The highest BCUT2D eigenvalue weighted by atomic mass is 19.4. The van der Waals surface area contributed by atoms with E-state index in [4.69, 9.17) is 5.84 Å². The normalized spacial score (nSPS) is 12.5. The van der Waals surface area contributed by atoms with E-state index in [1.54, 1.807) is 0 Å². The number of alkyl halides is 6. The molecule has 0 aliphatic carbocycles. The average Bonchev–Trinajstić information content (AvgIpc) is 2.32. The first-order chi connectivity index (χ1) is 9.45. The molecule has 0 fully saturated rings. The molecular formula is C8H10F6N6O. The Morgan fingerprint density at radius 1 is 1.05 bits per heavy atom. The number of nitrogens with two attached hydrogens (primary N) is 1. The maximum absolute atomic E-state index is 12.4. The molecule has 0 bridgehead atoms. The highest BCUT2D eigenvalue weighted by Crippen LogP contribution is 2.35. The zero-order valence-electron chi connectivity index (χ0n) is 10.6. The molecule has 0 unspecified atom stereocenters. The van der Waals surface area contributed by atoms with Crippen LogP contribution in [0.4, 0.5) is 38.2 Å². The van der Waals surface area contributed by atoms with Crippen molar-refractivity contribution in [3.63, 3.8) is 0 Å². The van der Waals surface area contributed by atoms with E-state index in [-0.39, 0.29) is 5.95 Å². The lowest BCUT2D eigenvalue weighted by molar-refractivity contribution is -0.301. The van der Waals surface area contributed by atoms with Crippen LogP contribution in [0.15, 0.2) is 0 Å². The van der Waals surface area contributed by atoms with E-state index in [0.717, 1.165) is 0 Å². The molecule has 0 aliphatic rings. The van der Waals surface area contributed by atoms with E-state index in [1.807, 2.05) is 5.43 Å². The van der Waals surface area contributed by atoms with Crippen molar-refractivity contribution in [1.29, 1.82) is 0 Å². The molecule has 0 amide bonds. The predicted molar refractivity (Wildman–Crippen MR) is 58.5 cm³/mol. The van der Waals surface area contributed by atoms with Gasteiger partial charge in [-0.2, -0.15) is 41.3 Å². The summed E-state index contributed by atoms with van der Waals surface area (Å²) < 4.78 is 78.1. The molecule has 1 heterocycles. The molecule has 0 aliphatic heterocycles. The standard InChI is InChI=1S/C8H10F6N6O/c1-20(2)5-16-4(19-15)17-6(18-5)21-3(7(9,10)11)8(12,13)14/h3H,15H2,1-2H3,(H,16,17,18,19). The van der Waals surface area contributed by atoms with Crippen LogP contribution in [0.3, 0.4) is 0 Å². The van der Waals surface area contributed by atoms with Gasteiger partial charge in [-0.1, -0.05) is 0 Å². The summed E-state index contributed by atoms with van der Waals surface area (Å²) in [4.78, 5) is 11.3. The number of anilines is 2. The average molecular weight is 320 g/mol. The summed E-state index contributed by atoms with van der Waals surface area (Å²) in [7, 11) is 2.81. The Hall–Kier alpha value is -2.05. The van der Waals surface area contributed by atoms with Crippen molar-refractivity contribution >= 4 is 11.9 Å². The first kappa shape index (κ1) is 17.0. The van der Waals surface area contributed by atoms with E-state index >= 15 is 0 Å². The summed E-state index contributed by atoms with van der Waals surface area (Å²) in [5.41, 5.74) is 1.88. The molecular weight excluding hydrogens is 310 g/mol. The van der Waals surface area contributed by atoms with E-state index < -0.39 is 30.4 Å². The summed E-state index contributed by atoms with van der Waals surface area (Å²) in [6.45, 7) is 0. The number of ether oxygens (including phenoxy) is 1. The van der Waals surface area contributed by atoms with E-state index in [9.17, 15) is 26.3 Å². The zero-order chi connectivity index (χ0) is 16.4. The lowest BCUT2D eigenvalue weighted by atomic mass is 10.3. The number of hydrogen-bond acceptors (Lipinski definition) is 7. The van der Waals surface area contributed by atoms with Crippen LogP contribution in [-0.2, 0) is 0 Å². The maximum atomic E-state index is 12.4. The molecule has 0 saturated heterocycles. The van der Waals surface area contributed by atoms with Gasteiger partial charge in [0.05, 0.1) is 0 Å². The molecule has 1 aromatic heterocycles. The first-order valence-electron chi connectivity index (χ1n) is 5.15. The lowest BCUT2D eigenvalue weighted by Gasteiger charge is -2.23. The largest absolute Gasteiger partial charge is 0.440 e. The first-order valence-corrected chi connectivity index (χ1v) is 5.15. The van der Waals surface area contributed by atoms with Gasteiger partial charge in [-0.3, -0.25) is 5.43 Å². The van der Waals surface area contributed by atoms with Gasteiger partial charge in [-0.25, -0.2) is 5.84 Å². The van der Waals surface area contributed by atoms with Crippen molar-refractivity contribution < 1.29 is 31.1 Å². The van der Waals surface area contributed by atoms with Crippen LogP contribution in [0.2, 0.25) is 0 Å². The number of nitrogen functional groups attached to an aromatic ring is 1. The van der Waals surface area contributed by atoms with Gasteiger partial charge >= 0.3 is 18.4 Å². The quantitative estimate of drug-likeness (QED) is 0.488. The van der Waals surface area contributed by atoms with Gasteiger partial charge in [0, 0.05) is 14.1 Å². The topological polar surface area (TPSA) is 89.2 Å². The summed E-state index contributed by atoms with van der Waals surface area (Å²) in [6, 6.07) is -1.17. The third-order valence-electron chi connectivity index (χ3n) is 1.95. The Bertz CT molecular complexity index is 475. The summed E-state index contributed by atoms with van der Waals surface area (Å²) in [6.07, 6.45) is -15.4. The third-order valence-corrected chi connectivity index (χ3v) is 1.95. The Morgan fingerprint density at radius 2 is 1.57 bits per heavy atom. The van der Waals surface area contributed by atoms with Crippen molar-refractivity contribution in [2.45, 2.75) is 18.5 Å². The number of hydrazine groups is 1. The molecule has 3 N–H and O–H groups in total. The number of halogens is 6. The van der Waals surface area contributed by atoms with Crippen LogP contribution in [-0.4, -0.2) is 47.5 Å². The van der Waals surface area contributed by atoms with Gasteiger partial charge in [0.15, 0.2) is 0 Å². The maximum Gasteiger partial charge on any atom is 0.434 e. The van der Waals surface area contributed by atoms with Gasteiger partial charge in [0.1, 0.15) is 0 Å². The summed E-state index contributed by atoms with van der Waals surface area (Å²) in [5, 5.41) is 0. The number of aromatic nitrogens is 3. The second-order valence-electron chi connectivity index (χ2n) is 3.86. The second-order valence-corrected chi connectivity index (χ2v) is 3.86. The highest BCUT2D eigenvalue weighted by molar-refractivity contribution is 5.36. The number of rotatable bonds is 4. The van der Waals surface area contributed by atoms with Gasteiger partial charge in [-0.15, -0.1) is 0 Å². The van der Waals surface area contributed by atoms with Gasteiger partial charge in [0.25, 0.3) is 6.10 Å². The van der Waals surface area contributed by atoms with Gasteiger partial charge < -0.3 is 9.64 Å². The van der Waals surface area contributed by atoms with Crippen molar-refractivity contribution in [3.8, 4) is 6.01 Å². The van der Waals surface area contributed by atoms with Crippen LogP contribution in [0.5, 0.6) is 6.01 Å². The smallest absolute Gasteiger partial charge is 0.434 e. The molecule has 1 rings (SSSR count). The molecule has 7 nitrogen and oxygen atoms in total. The van der Waals surface area contributed by atoms with Crippen molar-refractivity contribution in [1.82, 2.24) is 15.0 Å². The van der Waals surface area contributed by atoms with Crippen molar-refractivity contribution in [2.24, 2.45) is 5.84 Å². The fraction of sp³-hybridized carbons (Fsp3) is 0.625. The van der Waals surface area contributed by atoms with Crippen LogP contribution >= 0.6 is 0 Å². The Morgan fingerprint density at radius 3 is 1.95 bits per heavy atom. The number of nitrogens with zero attached hydrogens (tertiary/aromatic N) is 4. The minimum atomic E-state index is -5.68. The molecule has 120 valence electrons. The van der Waals surface area contributed by atoms with E-state index in [0.29, 0.717) is 0 Å². The Kier molecular flexibility index (Phi) is 4.65. The van der Waals surface area contributed by atoms with Crippen LogP contribution in [0, 0.1) is 0 Å². The number of hydrogen-bond donors (Lipinski definition) is 2. The second kappa shape index (κ2) is 5.75. The molecule has 0 atom stereocenters. The molecule has 0 saturated carbocycles. The van der Waals surface area contributed by atoms with Crippen LogP contribution in [0.1, 0.15) is 0 Å². The van der Waals surface area contributed by atoms with E-state index in [1.165, 1.54) is 19.0 Å². The van der Waals surface area contributed by atoms with Gasteiger partial charge in [0.2, 0.25) is 11.9 Å². The van der Waals surface area contributed by atoms with Crippen LogP contribution < -0.4 is 20.9 Å². The van der Waals surface area contributed by atoms with Gasteiger partial charge in [-0.05, 0) is 0 Å². The molecule has 0 aromatic carbocycles. The minimum Gasteiger partial charge on any atom is -0.440 e. The van der Waals surface area contributed by atoms with Crippen molar-refractivity contribution in [3.05, 3.63) is 0 Å². The monoisotopic (exact) mass is 320 g/mol. The summed E-state index contributed by atoms with van der Waals surface area (Å²) in [5.74, 6) is 4.28.